The summed E-state index contributed by atoms with van der Waals surface area (Å²) in [5.74, 6) is 0.0676. The summed E-state index contributed by atoms with van der Waals surface area (Å²) in [5.41, 5.74) is 1.52. The van der Waals surface area contributed by atoms with Gasteiger partial charge in [0.05, 0.1) is 6.07 Å². The molecule has 2 amide bonds. The standard InChI is InChI=1S/C18H17N3O3/c19-11-10-17(22)20-12-14-6-8-15(9-7-14)21-18(23)13-24-16-4-2-1-3-5-16/h1-9H,10,12-13H2,(H,20,22)(H,21,23). The highest BCUT2D eigenvalue weighted by Crippen LogP contribution is 2.11. The summed E-state index contributed by atoms with van der Waals surface area (Å²) in [7, 11) is 0. The monoisotopic (exact) mass is 323 g/mol. The van der Waals surface area contributed by atoms with Gasteiger partial charge < -0.3 is 15.4 Å². The predicted octanol–water partition coefficient (Wildman–Crippen LogP) is 2.23. The zero-order valence-electron chi connectivity index (χ0n) is 13.0. The molecule has 0 radical (unpaired) electrons. The van der Waals surface area contributed by atoms with Gasteiger partial charge in [-0.3, -0.25) is 9.59 Å². The lowest BCUT2D eigenvalue weighted by Crippen LogP contribution is -2.22. The number of amides is 2. The highest BCUT2D eigenvalue weighted by atomic mass is 16.5. The van der Waals surface area contributed by atoms with Crippen molar-refractivity contribution in [3.05, 3.63) is 60.2 Å². The number of benzene rings is 2. The minimum atomic E-state index is -0.312. The molecule has 0 aliphatic rings. The second-order valence-electron chi connectivity index (χ2n) is 4.96. The van der Waals surface area contributed by atoms with Crippen LogP contribution in [0.3, 0.4) is 0 Å². The molecule has 122 valence electrons. The largest absolute Gasteiger partial charge is 0.484 e. The molecule has 0 aliphatic heterocycles. The molecule has 0 saturated heterocycles. The molecule has 0 heterocycles. The maximum Gasteiger partial charge on any atom is 0.262 e. The highest BCUT2D eigenvalue weighted by molar-refractivity contribution is 5.91. The van der Waals surface area contributed by atoms with E-state index in [1.165, 1.54) is 0 Å². The van der Waals surface area contributed by atoms with Crippen molar-refractivity contribution in [2.75, 3.05) is 11.9 Å². The third kappa shape index (κ3) is 5.81. The fourth-order valence-electron chi connectivity index (χ4n) is 1.90. The Bertz CT molecular complexity index is 721. The van der Waals surface area contributed by atoms with Crippen LogP contribution < -0.4 is 15.4 Å². The molecular weight excluding hydrogens is 306 g/mol. The average molecular weight is 323 g/mol. The quantitative estimate of drug-likeness (QED) is 0.817. The van der Waals surface area contributed by atoms with Crippen LogP contribution in [-0.2, 0) is 16.1 Å². The van der Waals surface area contributed by atoms with Crippen molar-refractivity contribution in [1.29, 1.82) is 5.26 Å². The van der Waals surface area contributed by atoms with E-state index in [0.717, 1.165) is 5.56 Å². The Kier molecular flexibility index (Phi) is 6.35. The van der Waals surface area contributed by atoms with Gasteiger partial charge in [-0.2, -0.15) is 5.26 Å². The van der Waals surface area contributed by atoms with Crippen LogP contribution >= 0.6 is 0 Å². The molecule has 0 aliphatic carbocycles. The van der Waals surface area contributed by atoms with Crippen molar-refractivity contribution >= 4 is 17.5 Å². The van der Waals surface area contributed by atoms with Gasteiger partial charge in [0, 0.05) is 12.2 Å². The molecule has 2 aromatic carbocycles. The molecule has 24 heavy (non-hydrogen) atoms. The van der Waals surface area contributed by atoms with E-state index in [4.69, 9.17) is 10.00 Å². The van der Waals surface area contributed by atoms with Crippen molar-refractivity contribution in [1.82, 2.24) is 5.32 Å². The summed E-state index contributed by atoms with van der Waals surface area (Å²) >= 11 is 0. The Morgan fingerprint density at radius 3 is 2.38 bits per heavy atom. The lowest BCUT2D eigenvalue weighted by molar-refractivity contribution is -0.120. The molecule has 2 rings (SSSR count). The van der Waals surface area contributed by atoms with Crippen LogP contribution in [-0.4, -0.2) is 18.4 Å². The smallest absolute Gasteiger partial charge is 0.262 e. The normalized spacial score (nSPS) is 9.62. The van der Waals surface area contributed by atoms with E-state index in [1.54, 1.807) is 42.5 Å². The minimum Gasteiger partial charge on any atom is -0.484 e. The maximum atomic E-state index is 11.8. The summed E-state index contributed by atoms with van der Waals surface area (Å²) in [6.45, 7) is 0.266. The molecule has 0 bridgehead atoms. The van der Waals surface area contributed by atoms with Crippen LogP contribution in [0.5, 0.6) is 5.75 Å². The van der Waals surface area contributed by atoms with Crippen molar-refractivity contribution in [3.8, 4) is 11.8 Å². The molecule has 0 saturated carbocycles. The van der Waals surface area contributed by atoms with E-state index in [9.17, 15) is 9.59 Å². The second-order valence-corrected chi connectivity index (χ2v) is 4.96. The van der Waals surface area contributed by atoms with Gasteiger partial charge >= 0.3 is 0 Å². The van der Waals surface area contributed by atoms with Crippen molar-refractivity contribution in [2.24, 2.45) is 0 Å². The Labute approximate surface area is 140 Å². The first-order valence-electron chi connectivity index (χ1n) is 7.37. The van der Waals surface area contributed by atoms with Crippen molar-refractivity contribution in [3.63, 3.8) is 0 Å². The maximum absolute atomic E-state index is 11.8. The molecule has 6 nitrogen and oxygen atoms in total. The first-order chi connectivity index (χ1) is 11.7. The number of hydrogen-bond acceptors (Lipinski definition) is 4. The fraction of sp³-hybridized carbons (Fsp3) is 0.167. The van der Waals surface area contributed by atoms with Crippen LogP contribution in [0.1, 0.15) is 12.0 Å². The molecule has 0 aromatic heterocycles. The van der Waals surface area contributed by atoms with E-state index < -0.39 is 0 Å². The zero-order chi connectivity index (χ0) is 17.2. The molecule has 0 atom stereocenters. The van der Waals surface area contributed by atoms with Crippen LogP contribution in [0.4, 0.5) is 5.69 Å². The minimum absolute atomic E-state index is 0.0734. The topological polar surface area (TPSA) is 91.2 Å². The van der Waals surface area contributed by atoms with Crippen LogP contribution in [0.15, 0.2) is 54.6 Å². The van der Waals surface area contributed by atoms with E-state index >= 15 is 0 Å². The van der Waals surface area contributed by atoms with E-state index in [1.807, 2.05) is 18.2 Å². The fourth-order valence-corrected chi connectivity index (χ4v) is 1.90. The molecule has 0 fully saturated rings. The van der Waals surface area contributed by atoms with Gasteiger partial charge in [0.2, 0.25) is 5.91 Å². The molecular formula is C18H17N3O3. The number of rotatable bonds is 7. The SMILES string of the molecule is N#CCC(=O)NCc1ccc(NC(=O)COc2ccccc2)cc1. The third-order valence-electron chi connectivity index (χ3n) is 3.08. The Hall–Kier alpha value is -3.33. The Balaban J connectivity index is 1.77. The average Bonchev–Trinajstić information content (AvgIpc) is 2.60. The third-order valence-corrected chi connectivity index (χ3v) is 3.08. The number of nitriles is 1. The van der Waals surface area contributed by atoms with Gasteiger partial charge in [0.1, 0.15) is 12.2 Å². The zero-order valence-corrected chi connectivity index (χ0v) is 13.0. The van der Waals surface area contributed by atoms with Gasteiger partial charge in [-0.1, -0.05) is 30.3 Å². The summed E-state index contributed by atoms with van der Waals surface area (Å²) < 4.78 is 5.37. The number of hydrogen-bond donors (Lipinski definition) is 2. The van der Waals surface area contributed by atoms with E-state index in [-0.39, 0.29) is 24.8 Å². The Morgan fingerprint density at radius 2 is 1.71 bits per heavy atom. The van der Waals surface area contributed by atoms with Crippen LogP contribution in [0, 0.1) is 11.3 Å². The summed E-state index contributed by atoms with van der Waals surface area (Å²) in [6, 6.07) is 18.0. The number of anilines is 1. The first kappa shape index (κ1) is 17.0. The van der Waals surface area contributed by atoms with E-state index in [2.05, 4.69) is 10.6 Å². The van der Waals surface area contributed by atoms with Gasteiger partial charge in [-0.15, -0.1) is 0 Å². The number of para-hydroxylation sites is 1. The van der Waals surface area contributed by atoms with Crippen LogP contribution in [0.25, 0.3) is 0 Å². The molecule has 2 aromatic rings. The number of carbonyl (C=O) groups is 2. The molecule has 0 spiro atoms. The van der Waals surface area contributed by atoms with Gasteiger partial charge in [-0.25, -0.2) is 0 Å². The van der Waals surface area contributed by atoms with Gasteiger partial charge in [0.25, 0.3) is 5.91 Å². The molecule has 2 N–H and O–H groups in total. The molecule has 0 unspecified atom stereocenters. The number of nitrogens with one attached hydrogen (secondary N) is 2. The van der Waals surface area contributed by atoms with E-state index in [0.29, 0.717) is 18.0 Å². The number of nitrogens with zero attached hydrogens (tertiary/aromatic N) is 1. The summed E-state index contributed by atoms with van der Waals surface area (Å²) in [4.78, 5) is 23.0. The Morgan fingerprint density at radius 1 is 1.00 bits per heavy atom. The summed E-state index contributed by atoms with van der Waals surface area (Å²) in [5, 5.41) is 13.8. The van der Waals surface area contributed by atoms with Crippen molar-refractivity contribution in [2.45, 2.75) is 13.0 Å². The summed E-state index contributed by atoms with van der Waals surface area (Å²) in [6.07, 6.45) is -0.157. The van der Waals surface area contributed by atoms with Gasteiger partial charge in [-0.05, 0) is 29.8 Å². The number of ether oxygens (including phenoxy) is 1. The van der Waals surface area contributed by atoms with Crippen molar-refractivity contribution < 1.29 is 14.3 Å². The lowest BCUT2D eigenvalue weighted by atomic mass is 10.2. The van der Waals surface area contributed by atoms with Crippen LogP contribution in [0.2, 0.25) is 0 Å². The predicted molar refractivity (Wildman–Crippen MR) is 89.1 cm³/mol. The highest BCUT2D eigenvalue weighted by Gasteiger charge is 2.04. The van der Waals surface area contributed by atoms with Gasteiger partial charge in [0.15, 0.2) is 6.61 Å². The first-order valence-corrected chi connectivity index (χ1v) is 7.37. The molecule has 6 heteroatoms. The number of carbonyl (C=O) groups excluding carboxylic acids is 2. The lowest BCUT2D eigenvalue weighted by Gasteiger charge is -2.08. The second kappa shape index (κ2) is 8.96.